The van der Waals surface area contributed by atoms with E-state index in [2.05, 4.69) is 16.0 Å². The van der Waals surface area contributed by atoms with Crippen LogP contribution in [0, 0.1) is 12.3 Å². The van der Waals surface area contributed by atoms with E-state index in [9.17, 15) is 0 Å². The molecule has 0 aliphatic carbocycles. The van der Waals surface area contributed by atoms with Crippen molar-refractivity contribution in [3.05, 3.63) is 30.2 Å². The fourth-order valence-corrected chi connectivity index (χ4v) is 1.05. The van der Waals surface area contributed by atoms with Crippen LogP contribution in [0.25, 0.3) is 5.65 Å². The van der Waals surface area contributed by atoms with Crippen molar-refractivity contribution in [3.8, 4) is 12.3 Å². The van der Waals surface area contributed by atoms with Crippen LogP contribution in [0.1, 0.15) is 5.69 Å². The van der Waals surface area contributed by atoms with Crippen LogP contribution in [0.4, 0.5) is 0 Å². The SMILES string of the molecule is C#CCc1ccn2nccc2n1. The molecule has 0 atom stereocenters. The fraction of sp³-hybridized carbons (Fsp3) is 0.111. The zero-order chi connectivity index (χ0) is 8.39. The second kappa shape index (κ2) is 2.67. The predicted molar refractivity (Wildman–Crippen MR) is 45.5 cm³/mol. The molecule has 0 aromatic carbocycles. The van der Waals surface area contributed by atoms with Gasteiger partial charge in [-0.05, 0) is 6.07 Å². The minimum atomic E-state index is 0.571. The molecular weight excluding hydrogens is 150 g/mol. The van der Waals surface area contributed by atoms with Gasteiger partial charge < -0.3 is 0 Å². The highest BCUT2D eigenvalue weighted by Gasteiger charge is 1.95. The Morgan fingerprint density at radius 3 is 3.25 bits per heavy atom. The molecule has 2 aromatic heterocycles. The molecule has 0 aliphatic heterocycles. The zero-order valence-corrected chi connectivity index (χ0v) is 6.44. The number of aromatic nitrogens is 3. The van der Waals surface area contributed by atoms with Crippen LogP contribution in [0.3, 0.4) is 0 Å². The van der Waals surface area contributed by atoms with E-state index in [0.29, 0.717) is 6.42 Å². The highest BCUT2D eigenvalue weighted by molar-refractivity contribution is 5.36. The lowest BCUT2D eigenvalue weighted by molar-refractivity contribution is 0.924. The molecular formula is C9H7N3. The number of rotatable bonds is 1. The normalized spacial score (nSPS) is 9.92. The van der Waals surface area contributed by atoms with Crippen molar-refractivity contribution in [2.45, 2.75) is 6.42 Å². The Morgan fingerprint density at radius 1 is 1.50 bits per heavy atom. The number of hydrogen-bond donors (Lipinski definition) is 0. The average molecular weight is 157 g/mol. The lowest BCUT2D eigenvalue weighted by Crippen LogP contribution is -1.93. The molecule has 0 radical (unpaired) electrons. The van der Waals surface area contributed by atoms with E-state index >= 15 is 0 Å². The summed E-state index contributed by atoms with van der Waals surface area (Å²) >= 11 is 0. The molecule has 3 heteroatoms. The monoisotopic (exact) mass is 157 g/mol. The van der Waals surface area contributed by atoms with Crippen molar-refractivity contribution >= 4 is 5.65 Å². The van der Waals surface area contributed by atoms with Gasteiger partial charge in [-0.3, -0.25) is 0 Å². The summed E-state index contributed by atoms with van der Waals surface area (Å²) in [5.74, 6) is 2.55. The smallest absolute Gasteiger partial charge is 0.155 e. The summed E-state index contributed by atoms with van der Waals surface area (Å²) < 4.78 is 1.71. The van der Waals surface area contributed by atoms with Crippen molar-refractivity contribution in [3.63, 3.8) is 0 Å². The Morgan fingerprint density at radius 2 is 2.42 bits per heavy atom. The van der Waals surface area contributed by atoms with Gasteiger partial charge in [0.15, 0.2) is 5.65 Å². The Hall–Kier alpha value is -1.82. The molecule has 58 valence electrons. The molecule has 0 saturated carbocycles. The van der Waals surface area contributed by atoms with Crippen LogP contribution < -0.4 is 0 Å². The van der Waals surface area contributed by atoms with Gasteiger partial charge in [0.2, 0.25) is 0 Å². The largest absolute Gasteiger partial charge is 0.233 e. The van der Waals surface area contributed by atoms with Crippen molar-refractivity contribution in [1.82, 2.24) is 14.6 Å². The first-order valence-electron chi connectivity index (χ1n) is 3.63. The highest BCUT2D eigenvalue weighted by atomic mass is 15.2. The molecule has 0 amide bonds. The first kappa shape index (κ1) is 6.86. The first-order chi connectivity index (χ1) is 5.90. The molecule has 2 heterocycles. The van der Waals surface area contributed by atoms with E-state index in [0.717, 1.165) is 11.3 Å². The Bertz CT molecular complexity index is 436. The summed E-state index contributed by atoms with van der Waals surface area (Å²) in [7, 11) is 0. The molecule has 3 nitrogen and oxygen atoms in total. The Balaban J connectivity index is 2.54. The molecule has 12 heavy (non-hydrogen) atoms. The highest BCUT2D eigenvalue weighted by Crippen LogP contribution is 2.00. The molecule has 0 fully saturated rings. The standard InChI is InChI=1S/C9H7N3/c1-2-3-8-5-7-12-9(11-8)4-6-10-12/h1,4-7H,3H2. The lowest BCUT2D eigenvalue weighted by Gasteiger charge is -1.94. The van der Waals surface area contributed by atoms with Gasteiger partial charge in [-0.2, -0.15) is 5.10 Å². The van der Waals surface area contributed by atoms with E-state index < -0.39 is 0 Å². The molecule has 0 saturated heterocycles. The average Bonchev–Trinajstić information content (AvgIpc) is 2.51. The van der Waals surface area contributed by atoms with E-state index in [4.69, 9.17) is 6.42 Å². The number of nitrogens with zero attached hydrogens (tertiary/aromatic N) is 3. The van der Waals surface area contributed by atoms with Crippen molar-refractivity contribution in [2.75, 3.05) is 0 Å². The second-order valence-corrected chi connectivity index (χ2v) is 2.43. The summed E-state index contributed by atoms with van der Waals surface area (Å²) in [4.78, 5) is 4.28. The van der Waals surface area contributed by atoms with E-state index in [1.54, 1.807) is 10.7 Å². The maximum atomic E-state index is 5.17. The molecule has 0 bridgehead atoms. The third-order valence-corrected chi connectivity index (χ3v) is 1.60. The van der Waals surface area contributed by atoms with Crippen LogP contribution in [-0.4, -0.2) is 14.6 Å². The van der Waals surface area contributed by atoms with Gasteiger partial charge in [0.05, 0.1) is 18.3 Å². The number of hydrogen-bond acceptors (Lipinski definition) is 2. The maximum absolute atomic E-state index is 5.17. The molecule has 2 rings (SSSR count). The van der Waals surface area contributed by atoms with Gasteiger partial charge in [0.25, 0.3) is 0 Å². The minimum Gasteiger partial charge on any atom is -0.233 e. The van der Waals surface area contributed by atoms with Gasteiger partial charge in [0.1, 0.15) is 0 Å². The summed E-state index contributed by atoms with van der Waals surface area (Å²) in [5, 5.41) is 4.02. The van der Waals surface area contributed by atoms with Crippen LogP contribution in [0.15, 0.2) is 24.5 Å². The van der Waals surface area contributed by atoms with Crippen molar-refractivity contribution < 1.29 is 0 Å². The van der Waals surface area contributed by atoms with E-state index in [-0.39, 0.29) is 0 Å². The molecule has 0 unspecified atom stereocenters. The summed E-state index contributed by atoms with van der Waals surface area (Å²) in [6.45, 7) is 0. The van der Waals surface area contributed by atoms with Crippen molar-refractivity contribution in [1.29, 1.82) is 0 Å². The van der Waals surface area contributed by atoms with Crippen LogP contribution in [-0.2, 0) is 6.42 Å². The van der Waals surface area contributed by atoms with Gasteiger partial charge >= 0.3 is 0 Å². The Kier molecular flexibility index (Phi) is 1.52. The van der Waals surface area contributed by atoms with E-state index in [1.165, 1.54) is 0 Å². The topological polar surface area (TPSA) is 30.2 Å². The summed E-state index contributed by atoms with van der Waals surface area (Å²) in [5.41, 5.74) is 1.74. The third kappa shape index (κ3) is 1.04. The summed E-state index contributed by atoms with van der Waals surface area (Å²) in [6, 6.07) is 3.72. The zero-order valence-electron chi connectivity index (χ0n) is 6.44. The molecule has 0 N–H and O–H groups in total. The minimum absolute atomic E-state index is 0.571. The van der Waals surface area contributed by atoms with Crippen LogP contribution in [0.2, 0.25) is 0 Å². The van der Waals surface area contributed by atoms with Gasteiger partial charge in [-0.25, -0.2) is 9.50 Å². The van der Waals surface area contributed by atoms with Gasteiger partial charge in [-0.15, -0.1) is 12.3 Å². The van der Waals surface area contributed by atoms with Crippen molar-refractivity contribution in [2.24, 2.45) is 0 Å². The maximum Gasteiger partial charge on any atom is 0.155 e. The third-order valence-electron chi connectivity index (χ3n) is 1.60. The molecule has 2 aromatic rings. The van der Waals surface area contributed by atoms with Gasteiger partial charge in [-0.1, -0.05) is 0 Å². The summed E-state index contributed by atoms with van der Waals surface area (Å²) in [6.07, 6.45) is 9.31. The van der Waals surface area contributed by atoms with Crippen LogP contribution in [0.5, 0.6) is 0 Å². The quantitative estimate of drug-likeness (QED) is 0.576. The molecule has 0 spiro atoms. The first-order valence-corrected chi connectivity index (χ1v) is 3.63. The van der Waals surface area contributed by atoms with Gasteiger partial charge in [0, 0.05) is 12.3 Å². The number of fused-ring (bicyclic) bond motifs is 1. The lowest BCUT2D eigenvalue weighted by atomic mass is 10.3. The second-order valence-electron chi connectivity index (χ2n) is 2.43. The fourth-order valence-electron chi connectivity index (χ4n) is 1.05. The number of terminal acetylenes is 1. The Labute approximate surface area is 70.1 Å². The molecule has 0 aliphatic rings. The predicted octanol–water partition coefficient (Wildman–Crippen LogP) is 0.905. The van der Waals surface area contributed by atoms with Crippen LogP contribution >= 0.6 is 0 Å². The van der Waals surface area contributed by atoms with E-state index in [1.807, 2.05) is 18.3 Å².